The van der Waals surface area contributed by atoms with Crippen LogP contribution in [0.1, 0.15) is 35.6 Å². The Bertz CT molecular complexity index is 938. The number of rotatable bonds is 4. The Balaban J connectivity index is 1.72. The van der Waals surface area contributed by atoms with Gasteiger partial charge >= 0.3 is 0 Å². The number of benzene rings is 1. The Labute approximate surface area is 143 Å². The Morgan fingerprint density at radius 2 is 2.13 bits per heavy atom. The summed E-state index contributed by atoms with van der Waals surface area (Å²) in [6.07, 6.45) is 2.19. The highest BCUT2D eigenvalue weighted by atomic mass is 32.2. The molecule has 1 aliphatic rings. The van der Waals surface area contributed by atoms with Crippen LogP contribution in [0, 0.1) is 13.8 Å². The summed E-state index contributed by atoms with van der Waals surface area (Å²) < 4.78 is 2.71. The van der Waals surface area contributed by atoms with Crippen LogP contribution in [0.5, 0.6) is 0 Å². The van der Waals surface area contributed by atoms with Crippen LogP contribution in [0.3, 0.4) is 0 Å². The molecule has 0 bridgehead atoms. The number of aromatic nitrogens is 2. The van der Waals surface area contributed by atoms with E-state index >= 15 is 0 Å². The van der Waals surface area contributed by atoms with Crippen LogP contribution in [0.4, 0.5) is 0 Å². The van der Waals surface area contributed by atoms with E-state index in [1.54, 1.807) is 11.8 Å². The lowest BCUT2D eigenvalue weighted by Gasteiger charge is -2.12. The predicted octanol–water partition coefficient (Wildman–Crippen LogP) is 4.70. The summed E-state index contributed by atoms with van der Waals surface area (Å²) in [5, 5.41) is 2.82. The third-order valence-corrected chi connectivity index (χ3v) is 6.15. The molecule has 0 aliphatic heterocycles. The smallest absolute Gasteiger partial charge is 0.272 e. The summed E-state index contributed by atoms with van der Waals surface area (Å²) >= 11 is 3.18. The molecule has 3 aromatic rings. The van der Waals surface area contributed by atoms with E-state index in [4.69, 9.17) is 4.98 Å². The summed E-state index contributed by atoms with van der Waals surface area (Å²) in [6.45, 7) is 4.25. The molecule has 4 rings (SSSR count). The van der Waals surface area contributed by atoms with Crippen molar-refractivity contribution in [1.29, 1.82) is 0 Å². The van der Waals surface area contributed by atoms with Gasteiger partial charge in [-0.3, -0.25) is 9.36 Å². The molecule has 2 aromatic heterocycles. The minimum atomic E-state index is 0.135. The quantitative estimate of drug-likeness (QED) is 0.509. The van der Waals surface area contributed by atoms with Crippen LogP contribution in [-0.2, 0) is 5.75 Å². The molecule has 0 spiro atoms. The standard InChI is InChI=1S/C18H18N2OS2/c1-11-3-4-12(2)13(9-11)10-23-18-19-15-7-8-22-16(15)17(21)20(18)14-5-6-14/h3-4,7-9,14H,5-6,10H2,1-2H3. The first kappa shape index (κ1) is 15.0. The Morgan fingerprint density at radius 3 is 2.91 bits per heavy atom. The number of fused-ring (bicyclic) bond motifs is 1. The van der Waals surface area contributed by atoms with Gasteiger partial charge in [-0.2, -0.15) is 0 Å². The molecule has 3 nitrogen and oxygen atoms in total. The zero-order valence-electron chi connectivity index (χ0n) is 13.2. The second-order valence-corrected chi connectivity index (χ2v) is 8.01. The van der Waals surface area contributed by atoms with Gasteiger partial charge in [0.15, 0.2) is 5.16 Å². The molecule has 0 radical (unpaired) electrons. The van der Waals surface area contributed by atoms with Crippen molar-refractivity contribution in [1.82, 2.24) is 9.55 Å². The second-order valence-electron chi connectivity index (χ2n) is 6.15. The molecular formula is C18H18N2OS2. The van der Waals surface area contributed by atoms with E-state index in [0.29, 0.717) is 6.04 Å². The lowest BCUT2D eigenvalue weighted by atomic mass is 10.1. The first-order chi connectivity index (χ1) is 11.1. The zero-order valence-corrected chi connectivity index (χ0v) is 14.8. The second kappa shape index (κ2) is 5.80. The average molecular weight is 342 g/mol. The number of hydrogen-bond acceptors (Lipinski definition) is 4. The van der Waals surface area contributed by atoms with Gasteiger partial charge in [-0.25, -0.2) is 4.98 Å². The lowest BCUT2D eigenvalue weighted by Crippen LogP contribution is -2.21. The third-order valence-electron chi connectivity index (χ3n) is 4.25. The summed E-state index contributed by atoms with van der Waals surface area (Å²) in [4.78, 5) is 17.5. The molecule has 1 saturated carbocycles. The molecule has 1 aliphatic carbocycles. The first-order valence-electron chi connectivity index (χ1n) is 7.82. The van der Waals surface area contributed by atoms with E-state index in [9.17, 15) is 4.79 Å². The minimum absolute atomic E-state index is 0.135. The van der Waals surface area contributed by atoms with Gasteiger partial charge in [0.25, 0.3) is 5.56 Å². The van der Waals surface area contributed by atoms with Crippen LogP contribution in [0.15, 0.2) is 39.6 Å². The van der Waals surface area contributed by atoms with Crippen molar-refractivity contribution >= 4 is 33.3 Å². The van der Waals surface area contributed by atoms with E-state index in [0.717, 1.165) is 34.0 Å². The molecule has 0 amide bonds. The van der Waals surface area contributed by atoms with Gasteiger partial charge in [0, 0.05) is 11.8 Å². The average Bonchev–Trinajstić information content (AvgIpc) is 3.25. The van der Waals surface area contributed by atoms with Crippen molar-refractivity contribution in [3.63, 3.8) is 0 Å². The highest BCUT2D eigenvalue weighted by Gasteiger charge is 2.28. The number of aryl methyl sites for hydroxylation is 2. The Morgan fingerprint density at radius 1 is 1.30 bits per heavy atom. The van der Waals surface area contributed by atoms with Gasteiger partial charge in [0.1, 0.15) is 4.70 Å². The van der Waals surface area contributed by atoms with Gasteiger partial charge in [-0.1, -0.05) is 35.5 Å². The topological polar surface area (TPSA) is 34.9 Å². The summed E-state index contributed by atoms with van der Waals surface area (Å²) in [5.41, 5.74) is 4.85. The van der Waals surface area contributed by atoms with E-state index in [1.807, 2.05) is 16.0 Å². The van der Waals surface area contributed by atoms with Crippen molar-refractivity contribution in [3.8, 4) is 0 Å². The minimum Gasteiger partial charge on any atom is -0.283 e. The lowest BCUT2D eigenvalue weighted by molar-refractivity contribution is 0.619. The molecule has 118 valence electrons. The van der Waals surface area contributed by atoms with Crippen LogP contribution in [-0.4, -0.2) is 9.55 Å². The van der Waals surface area contributed by atoms with E-state index in [-0.39, 0.29) is 5.56 Å². The van der Waals surface area contributed by atoms with E-state index < -0.39 is 0 Å². The first-order valence-corrected chi connectivity index (χ1v) is 9.68. The summed E-state index contributed by atoms with van der Waals surface area (Å²) in [7, 11) is 0. The van der Waals surface area contributed by atoms with Crippen molar-refractivity contribution in [2.24, 2.45) is 0 Å². The van der Waals surface area contributed by atoms with Crippen LogP contribution >= 0.6 is 23.1 Å². The molecule has 0 saturated heterocycles. The highest BCUT2D eigenvalue weighted by Crippen LogP contribution is 2.38. The van der Waals surface area contributed by atoms with Gasteiger partial charge in [-0.05, 0) is 49.3 Å². The van der Waals surface area contributed by atoms with Crippen molar-refractivity contribution in [2.75, 3.05) is 0 Å². The third kappa shape index (κ3) is 2.83. The monoisotopic (exact) mass is 342 g/mol. The number of thioether (sulfide) groups is 1. The fourth-order valence-corrected chi connectivity index (χ4v) is 4.65. The maximum absolute atomic E-state index is 12.7. The van der Waals surface area contributed by atoms with Gasteiger partial charge in [0.2, 0.25) is 0 Å². The number of hydrogen-bond donors (Lipinski definition) is 0. The fourth-order valence-electron chi connectivity index (χ4n) is 2.76. The van der Waals surface area contributed by atoms with E-state index in [1.165, 1.54) is 28.0 Å². The number of thiophene rings is 1. The predicted molar refractivity (Wildman–Crippen MR) is 97.6 cm³/mol. The molecule has 0 atom stereocenters. The Hall–Kier alpha value is -1.59. The summed E-state index contributed by atoms with van der Waals surface area (Å²) in [6, 6.07) is 8.82. The maximum Gasteiger partial charge on any atom is 0.272 e. The SMILES string of the molecule is Cc1ccc(C)c(CSc2nc3ccsc3c(=O)n2C2CC2)c1. The highest BCUT2D eigenvalue weighted by molar-refractivity contribution is 7.98. The number of nitrogens with zero attached hydrogens (tertiary/aromatic N) is 2. The largest absolute Gasteiger partial charge is 0.283 e. The van der Waals surface area contributed by atoms with Crippen LogP contribution in [0.2, 0.25) is 0 Å². The van der Waals surface area contributed by atoms with Crippen LogP contribution in [0.25, 0.3) is 10.2 Å². The van der Waals surface area contributed by atoms with Gasteiger partial charge in [-0.15, -0.1) is 11.3 Å². The zero-order chi connectivity index (χ0) is 16.0. The van der Waals surface area contributed by atoms with Gasteiger partial charge < -0.3 is 0 Å². The fraction of sp³-hybridized carbons (Fsp3) is 0.333. The van der Waals surface area contributed by atoms with Crippen LogP contribution < -0.4 is 5.56 Å². The molecule has 0 unspecified atom stereocenters. The van der Waals surface area contributed by atoms with E-state index in [2.05, 4.69) is 32.0 Å². The molecule has 2 heterocycles. The van der Waals surface area contributed by atoms with Crippen molar-refractivity contribution in [2.45, 2.75) is 43.6 Å². The molecule has 23 heavy (non-hydrogen) atoms. The summed E-state index contributed by atoms with van der Waals surface area (Å²) in [5.74, 6) is 0.850. The van der Waals surface area contributed by atoms with Crippen molar-refractivity contribution in [3.05, 3.63) is 56.7 Å². The maximum atomic E-state index is 12.7. The van der Waals surface area contributed by atoms with Gasteiger partial charge in [0.05, 0.1) is 5.52 Å². The Kier molecular flexibility index (Phi) is 3.77. The molecule has 1 fully saturated rings. The normalized spacial score (nSPS) is 14.5. The van der Waals surface area contributed by atoms with Crippen molar-refractivity contribution < 1.29 is 0 Å². The molecular weight excluding hydrogens is 324 g/mol. The molecule has 5 heteroatoms. The molecule has 0 N–H and O–H groups in total. The molecule has 1 aromatic carbocycles.